The van der Waals surface area contributed by atoms with Gasteiger partial charge in [-0.15, -0.1) is 0 Å². The predicted octanol–water partition coefficient (Wildman–Crippen LogP) is 2.98. The first-order valence-electron chi connectivity index (χ1n) is 7.20. The van der Waals surface area contributed by atoms with Crippen LogP contribution in [0, 0.1) is 5.92 Å². The highest BCUT2D eigenvalue weighted by Gasteiger charge is 2.26. The smallest absolute Gasteiger partial charge is 0.307 e. The molecule has 0 aliphatic carbocycles. The molecule has 1 aromatic rings. The van der Waals surface area contributed by atoms with Crippen molar-refractivity contribution in [2.24, 2.45) is 5.92 Å². The van der Waals surface area contributed by atoms with Gasteiger partial charge in [0.2, 0.25) is 0 Å². The fraction of sp³-hybridized carbons (Fsp3) is 0.562. The molecule has 0 bridgehead atoms. The minimum atomic E-state index is -0.641. The Morgan fingerprint density at radius 3 is 2.79 bits per heavy atom. The number of hydrogen-bond donors (Lipinski definition) is 1. The fourth-order valence-corrected chi connectivity index (χ4v) is 2.93. The molecule has 2 unspecified atom stereocenters. The van der Waals surface area contributed by atoms with Crippen molar-refractivity contribution in [1.29, 1.82) is 0 Å². The van der Waals surface area contributed by atoms with Crippen molar-refractivity contribution in [3.8, 4) is 0 Å². The van der Waals surface area contributed by atoms with Crippen LogP contribution in [0.2, 0.25) is 0 Å². The van der Waals surface area contributed by atoms with E-state index in [2.05, 4.69) is 36.1 Å². The molecule has 3 nitrogen and oxygen atoms in total. The second-order valence-electron chi connectivity index (χ2n) is 5.45. The van der Waals surface area contributed by atoms with Crippen LogP contribution in [0.5, 0.6) is 0 Å². The van der Waals surface area contributed by atoms with E-state index in [9.17, 15) is 4.79 Å². The van der Waals surface area contributed by atoms with Crippen LogP contribution in [-0.4, -0.2) is 35.6 Å². The third-order valence-electron chi connectivity index (χ3n) is 4.10. The largest absolute Gasteiger partial charge is 0.481 e. The Morgan fingerprint density at radius 1 is 1.42 bits per heavy atom. The van der Waals surface area contributed by atoms with E-state index in [1.807, 2.05) is 6.07 Å². The molecule has 1 N–H and O–H groups in total. The average molecular weight is 261 g/mol. The number of rotatable bonds is 5. The molecule has 104 valence electrons. The summed E-state index contributed by atoms with van der Waals surface area (Å²) in [6, 6.07) is 10.5. The van der Waals surface area contributed by atoms with E-state index in [0.29, 0.717) is 12.5 Å². The standard InChI is InChI=1S/C16H23NO2/c1-2-13(14-7-4-3-5-8-14)11-17-10-6-9-15(12-17)16(18)19/h3-5,7-8,13,15H,2,6,9-12H2,1H3,(H,18,19). The van der Waals surface area contributed by atoms with Crippen molar-refractivity contribution >= 4 is 5.97 Å². The first kappa shape index (κ1) is 14.1. The van der Waals surface area contributed by atoms with Gasteiger partial charge >= 0.3 is 5.97 Å². The van der Waals surface area contributed by atoms with Crippen LogP contribution in [0.1, 0.15) is 37.7 Å². The topological polar surface area (TPSA) is 40.5 Å². The molecule has 0 aromatic heterocycles. The summed E-state index contributed by atoms with van der Waals surface area (Å²) in [5.74, 6) is -0.312. The van der Waals surface area contributed by atoms with Crippen molar-refractivity contribution in [3.05, 3.63) is 35.9 Å². The first-order valence-corrected chi connectivity index (χ1v) is 7.20. The molecule has 1 aliphatic heterocycles. The Balaban J connectivity index is 1.97. The SMILES string of the molecule is CCC(CN1CCCC(C(=O)O)C1)c1ccccc1. The molecule has 2 atom stereocenters. The maximum atomic E-state index is 11.1. The van der Waals surface area contributed by atoms with E-state index in [-0.39, 0.29) is 5.92 Å². The van der Waals surface area contributed by atoms with E-state index in [4.69, 9.17) is 5.11 Å². The van der Waals surface area contributed by atoms with Gasteiger partial charge in [-0.3, -0.25) is 4.79 Å². The highest BCUT2D eigenvalue weighted by Crippen LogP contribution is 2.24. The molecule has 2 rings (SSSR count). The number of benzene rings is 1. The molecule has 1 heterocycles. The van der Waals surface area contributed by atoms with E-state index in [0.717, 1.165) is 32.4 Å². The van der Waals surface area contributed by atoms with Crippen LogP contribution < -0.4 is 0 Å². The van der Waals surface area contributed by atoms with Gasteiger partial charge in [-0.1, -0.05) is 37.3 Å². The first-order chi connectivity index (χ1) is 9.20. The quantitative estimate of drug-likeness (QED) is 0.886. The number of carbonyl (C=O) groups is 1. The van der Waals surface area contributed by atoms with Gasteiger partial charge in [0.25, 0.3) is 0 Å². The highest BCUT2D eigenvalue weighted by atomic mass is 16.4. The number of aliphatic carboxylic acids is 1. The molecule has 3 heteroatoms. The van der Waals surface area contributed by atoms with Gasteiger partial charge in [-0.2, -0.15) is 0 Å². The third-order valence-corrected chi connectivity index (χ3v) is 4.10. The zero-order chi connectivity index (χ0) is 13.7. The molecule has 1 aromatic carbocycles. The maximum Gasteiger partial charge on any atom is 0.307 e. The number of carboxylic acids is 1. The Kier molecular flexibility index (Phi) is 4.97. The molecular formula is C16H23NO2. The molecule has 1 aliphatic rings. The Morgan fingerprint density at radius 2 is 2.16 bits per heavy atom. The molecule has 0 spiro atoms. The van der Waals surface area contributed by atoms with Crippen molar-refractivity contribution in [3.63, 3.8) is 0 Å². The van der Waals surface area contributed by atoms with Crippen molar-refractivity contribution < 1.29 is 9.90 Å². The monoisotopic (exact) mass is 261 g/mol. The van der Waals surface area contributed by atoms with Crippen molar-refractivity contribution in [2.45, 2.75) is 32.1 Å². The van der Waals surface area contributed by atoms with Crippen LogP contribution >= 0.6 is 0 Å². The van der Waals surface area contributed by atoms with Gasteiger partial charge in [0.15, 0.2) is 0 Å². The van der Waals surface area contributed by atoms with Crippen LogP contribution in [0.25, 0.3) is 0 Å². The van der Waals surface area contributed by atoms with Gasteiger partial charge in [0, 0.05) is 13.1 Å². The van der Waals surface area contributed by atoms with Crippen molar-refractivity contribution in [2.75, 3.05) is 19.6 Å². The predicted molar refractivity (Wildman–Crippen MR) is 76.3 cm³/mol. The number of likely N-dealkylation sites (tertiary alicyclic amines) is 1. The van der Waals surface area contributed by atoms with Gasteiger partial charge in [-0.25, -0.2) is 0 Å². The van der Waals surface area contributed by atoms with Crippen LogP contribution in [0.4, 0.5) is 0 Å². The lowest BCUT2D eigenvalue weighted by Crippen LogP contribution is -2.40. The molecule has 0 amide bonds. The van der Waals surface area contributed by atoms with Crippen LogP contribution in [-0.2, 0) is 4.79 Å². The van der Waals surface area contributed by atoms with E-state index in [1.165, 1.54) is 5.56 Å². The molecular weight excluding hydrogens is 238 g/mol. The molecule has 19 heavy (non-hydrogen) atoms. The van der Waals surface area contributed by atoms with Gasteiger partial charge in [-0.05, 0) is 37.3 Å². The lowest BCUT2D eigenvalue weighted by atomic mass is 9.93. The zero-order valence-corrected chi connectivity index (χ0v) is 11.6. The summed E-state index contributed by atoms with van der Waals surface area (Å²) in [6.07, 6.45) is 2.93. The summed E-state index contributed by atoms with van der Waals surface area (Å²) in [5.41, 5.74) is 1.36. The van der Waals surface area contributed by atoms with E-state index in [1.54, 1.807) is 0 Å². The summed E-state index contributed by atoms with van der Waals surface area (Å²) < 4.78 is 0. The number of nitrogens with zero attached hydrogens (tertiary/aromatic N) is 1. The Hall–Kier alpha value is -1.35. The second-order valence-corrected chi connectivity index (χ2v) is 5.45. The minimum Gasteiger partial charge on any atom is -0.481 e. The van der Waals surface area contributed by atoms with Crippen LogP contribution in [0.3, 0.4) is 0 Å². The molecule has 1 fully saturated rings. The average Bonchev–Trinajstić information content (AvgIpc) is 2.46. The van der Waals surface area contributed by atoms with Crippen molar-refractivity contribution in [1.82, 2.24) is 4.90 Å². The summed E-state index contributed by atoms with van der Waals surface area (Å²) in [4.78, 5) is 13.4. The van der Waals surface area contributed by atoms with Crippen LogP contribution in [0.15, 0.2) is 30.3 Å². The molecule has 0 saturated carbocycles. The third kappa shape index (κ3) is 3.80. The Bertz CT molecular complexity index is 404. The zero-order valence-electron chi connectivity index (χ0n) is 11.6. The highest BCUT2D eigenvalue weighted by molar-refractivity contribution is 5.70. The van der Waals surface area contributed by atoms with E-state index < -0.39 is 5.97 Å². The maximum absolute atomic E-state index is 11.1. The van der Waals surface area contributed by atoms with Gasteiger partial charge in [0.1, 0.15) is 0 Å². The number of piperidine rings is 1. The summed E-state index contributed by atoms with van der Waals surface area (Å²) in [6.45, 7) is 4.92. The number of hydrogen-bond acceptors (Lipinski definition) is 2. The normalized spacial score (nSPS) is 22.1. The van der Waals surface area contributed by atoms with Gasteiger partial charge < -0.3 is 10.0 Å². The van der Waals surface area contributed by atoms with E-state index >= 15 is 0 Å². The lowest BCUT2D eigenvalue weighted by molar-refractivity contribution is -0.143. The lowest BCUT2D eigenvalue weighted by Gasteiger charge is -2.33. The minimum absolute atomic E-state index is 0.179. The Labute approximate surface area is 115 Å². The van der Waals surface area contributed by atoms with Gasteiger partial charge in [0.05, 0.1) is 5.92 Å². The summed E-state index contributed by atoms with van der Waals surface area (Å²) in [5, 5.41) is 9.14. The fourth-order valence-electron chi connectivity index (χ4n) is 2.93. The summed E-state index contributed by atoms with van der Waals surface area (Å²) in [7, 11) is 0. The molecule has 1 saturated heterocycles. The molecule has 0 radical (unpaired) electrons. The number of carboxylic acid groups (broad SMARTS) is 1. The second kappa shape index (κ2) is 6.71. The summed E-state index contributed by atoms with van der Waals surface area (Å²) >= 11 is 0.